The second kappa shape index (κ2) is 5.63. The second-order valence-corrected chi connectivity index (χ2v) is 4.01. The molecule has 0 aliphatic carbocycles. The molecule has 15 heavy (non-hydrogen) atoms. The molecule has 1 aromatic rings. The molecular weight excluding hydrogens is 214 g/mol. The van der Waals surface area contributed by atoms with Crippen LogP contribution in [-0.2, 0) is 16.0 Å². The summed E-state index contributed by atoms with van der Waals surface area (Å²) in [5, 5.41) is 8.52. The third-order valence-corrected chi connectivity index (χ3v) is 2.89. The molecule has 1 heterocycles. The molecule has 82 valence electrons. The molecule has 0 amide bonds. The van der Waals surface area contributed by atoms with Gasteiger partial charge in [0.05, 0.1) is 30.0 Å². The quantitative estimate of drug-likeness (QED) is 0.593. The van der Waals surface area contributed by atoms with Crippen LogP contribution in [0.5, 0.6) is 0 Å². The fourth-order valence-corrected chi connectivity index (χ4v) is 1.75. The van der Waals surface area contributed by atoms with Crippen LogP contribution in [0.4, 0.5) is 0 Å². The molecule has 0 bridgehead atoms. The van der Waals surface area contributed by atoms with Gasteiger partial charge >= 0.3 is 5.97 Å². The lowest BCUT2D eigenvalue weighted by molar-refractivity contribution is -0.133. The van der Waals surface area contributed by atoms with E-state index in [1.165, 1.54) is 4.88 Å². The maximum Gasteiger partial charge on any atom is 0.333 e. The minimum Gasteiger partial charge on any atom is -0.478 e. The van der Waals surface area contributed by atoms with Gasteiger partial charge in [-0.2, -0.15) is 0 Å². The SMILES string of the molecule is C=C(COCCc1scnc1C)C(=O)O. The predicted octanol–water partition coefficient (Wildman–Crippen LogP) is 1.65. The Bertz CT molecular complexity index is 359. The van der Waals surface area contributed by atoms with E-state index in [4.69, 9.17) is 9.84 Å². The van der Waals surface area contributed by atoms with Gasteiger partial charge in [-0.15, -0.1) is 11.3 Å². The van der Waals surface area contributed by atoms with Gasteiger partial charge in [0, 0.05) is 11.3 Å². The van der Waals surface area contributed by atoms with Crippen LogP contribution in [0.15, 0.2) is 17.7 Å². The van der Waals surface area contributed by atoms with Gasteiger partial charge in [0.15, 0.2) is 0 Å². The maximum absolute atomic E-state index is 10.4. The van der Waals surface area contributed by atoms with Crippen molar-refractivity contribution >= 4 is 17.3 Å². The summed E-state index contributed by atoms with van der Waals surface area (Å²) >= 11 is 1.58. The van der Waals surface area contributed by atoms with Gasteiger partial charge in [-0.25, -0.2) is 9.78 Å². The fraction of sp³-hybridized carbons (Fsp3) is 0.400. The van der Waals surface area contributed by atoms with Crippen molar-refractivity contribution in [3.05, 3.63) is 28.2 Å². The molecule has 0 fully saturated rings. The summed E-state index contributed by atoms with van der Waals surface area (Å²) < 4.78 is 5.18. The molecule has 0 atom stereocenters. The average molecular weight is 227 g/mol. The molecule has 0 aromatic carbocycles. The van der Waals surface area contributed by atoms with E-state index in [0.717, 1.165) is 12.1 Å². The summed E-state index contributed by atoms with van der Waals surface area (Å²) in [6.07, 6.45) is 0.767. The largest absolute Gasteiger partial charge is 0.478 e. The van der Waals surface area contributed by atoms with Gasteiger partial charge in [-0.05, 0) is 6.92 Å². The molecule has 1 aromatic heterocycles. The van der Waals surface area contributed by atoms with Crippen molar-refractivity contribution in [2.24, 2.45) is 0 Å². The van der Waals surface area contributed by atoms with Gasteiger partial charge in [-0.1, -0.05) is 6.58 Å². The van der Waals surface area contributed by atoms with Crippen LogP contribution >= 0.6 is 11.3 Å². The normalized spacial score (nSPS) is 10.2. The highest BCUT2D eigenvalue weighted by Crippen LogP contribution is 2.12. The second-order valence-electron chi connectivity index (χ2n) is 3.07. The zero-order valence-electron chi connectivity index (χ0n) is 8.52. The minimum absolute atomic E-state index is 0.0766. The van der Waals surface area contributed by atoms with Crippen LogP contribution in [0, 0.1) is 6.92 Å². The third-order valence-electron chi connectivity index (χ3n) is 1.90. The molecule has 0 aliphatic rings. The number of thiazole rings is 1. The van der Waals surface area contributed by atoms with E-state index >= 15 is 0 Å². The summed E-state index contributed by atoms with van der Waals surface area (Å²) in [4.78, 5) is 15.7. The zero-order chi connectivity index (χ0) is 11.3. The molecule has 0 spiro atoms. The van der Waals surface area contributed by atoms with Crippen molar-refractivity contribution in [1.82, 2.24) is 4.98 Å². The lowest BCUT2D eigenvalue weighted by atomic mass is 10.3. The van der Waals surface area contributed by atoms with E-state index in [1.807, 2.05) is 6.92 Å². The Kier molecular flexibility index (Phi) is 4.45. The molecule has 1 N–H and O–H groups in total. The van der Waals surface area contributed by atoms with Crippen molar-refractivity contribution in [2.45, 2.75) is 13.3 Å². The van der Waals surface area contributed by atoms with Crippen LogP contribution in [0.1, 0.15) is 10.6 Å². The number of hydrogen-bond donors (Lipinski definition) is 1. The molecule has 5 heteroatoms. The number of nitrogens with zero attached hydrogens (tertiary/aromatic N) is 1. The highest BCUT2D eigenvalue weighted by atomic mass is 32.1. The van der Waals surface area contributed by atoms with E-state index in [1.54, 1.807) is 16.8 Å². The summed E-state index contributed by atoms with van der Waals surface area (Å²) in [6, 6.07) is 0. The number of carboxylic acids is 1. The average Bonchev–Trinajstić information content (AvgIpc) is 2.58. The molecule has 0 aliphatic heterocycles. The number of carbonyl (C=O) groups is 1. The van der Waals surface area contributed by atoms with Crippen molar-refractivity contribution in [3.8, 4) is 0 Å². The first-order chi connectivity index (χ1) is 7.11. The standard InChI is InChI=1S/C10H13NO3S/c1-7(10(12)13)5-14-4-3-9-8(2)11-6-15-9/h6H,1,3-5H2,2H3,(H,12,13). The van der Waals surface area contributed by atoms with E-state index in [-0.39, 0.29) is 12.2 Å². The van der Waals surface area contributed by atoms with Crippen molar-refractivity contribution in [3.63, 3.8) is 0 Å². The highest BCUT2D eigenvalue weighted by Gasteiger charge is 2.04. The van der Waals surface area contributed by atoms with Crippen molar-refractivity contribution in [1.29, 1.82) is 0 Å². The first-order valence-corrected chi connectivity index (χ1v) is 5.37. The summed E-state index contributed by atoms with van der Waals surface area (Å²) in [5.41, 5.74) is 2.89. The topological polar surface area (TPSA) is 59.4 Å². The Labute approximate surface area is 92.2 Å². The van der Waals surface area contributed by atoms with Crippen molar-refractivity contribution in [2.75, 3.05) is 13.2 Å². The van der Waals surface area contributed by atoms with Gasteiger partial charge < -0.3 is 9.84 Å². The van der Waals surface area contributed by atoms with Crippen LogP contribution in [0.3, 0.4) is 0 Å². The van der Waals surface area contributed by atoms with Gasteiger partial charge in [0.25, 0.3) is 0 Å². The van der Waals surface area contributed by atoms with Gasteiger partial charge in [0.1, 0.15) is 0 Å². The molecule has 0 saturated heterocycles. The number of rotatable bonds is 6. The molecule has 4 nitrogen and oxygen atoms in total. The van der Waals surface area contributed by atoms with Crippen LogP contribution in [0.25, 0.3) is 0 Å². The van der Waals surface area contributed by atoms with Crippen LogP contribution in [0.2, 0.25) is 0 Å². The Morgan fingerprint density at radius 2 is 2.47 bits per heavy atom. The van der Waals surface area contributed by atoms with Crippen molar-refractivity contribution < 1.29 is 14.6 Å². The molecule has 0 unspecified atom stereocenters. The summed E-state index contributed by atoms with van der Waals surface area (Å²) in [7, 11) is 0. The minimum atomic E-state index is -1.01. The van der Waals surface area contributed by atoms with Gasteiger partial charge in [-0.3, -0.25) is 0 Å². The molecule has 0 saturated carbocycles. The van der Waals surface area contributed by atoms with Crippen LogP contribution < -0.4 is 0 Å². The number of aromatic nitrogens is 1. The molecular formula is C10H13NO3S. The van der Waals surface area contributed by atoms with E-state index in [9.17, 15) is 4.79 Å². The first kappa shape index (κ1) is 11.9. The number of hydrogen-bond acceptors (Lipinski definition) is 4. The Morgan fingerprint density at radius 3 is 3.00 bits per heavy atom. The van der Waals surface area contributed by atoms with E-state index in [0.29, 0.717) is 6.61 Å². The molecule has 1 rings (SSSR count). The number of aliphatic carboxylic acids is 1. The summed E-state index contributed by atoms with van der Waals surface area (Å²) in [6.45, 7) is 5.89. The smallest absolute Gasteiger partial charge is 0.333 e. The maximum atomic E-state index is 10.4. The third kappa shape index (κ3) is 3.81. The monoisotopic (exact) mass is 227 g/mol. The van der Waals surface area contributed by atoms with Gasteiger partial charge in [0.2, 0.25) is 0 Å². The number of carboxylic acid groups (broad SMARTS) is 1. The van der Waals surface area contributed by atoms with E-state index < -0.39 is 5.97 Å². The Morgan fingerprint density at radius 1 is 1.73 bits per heavy atom. The summed E-state index contributed by atoms with van der Waals surface area (Å²) in [5.74, 6) is -1.01. The first-order valence-electron chi connectivity index (χ1n) is 4.49. The fourth-order valence-electron chi connectivity index (χ4n) is 0.988. The number of ether oxygens (including phenoxy) is 1. The van der Waals surface area contributed by atoms with Crippen LogP contribution in [-0.4, -0.2) is 29.3 Å². The lowest BCUT2D eigenvalue weighted by Gasteiger charge is -2.02. The zero-order valence-corrected chi connectivity index (χ0v) is 9.34. The Hall–Kier alpha value is -1.20. The highest BCUT2D eigenvalue weighted by molar-refractivity contribution is 7.09. The van der Waals surface area contributed by atoms with E-state index in [2.05, 4.69) is 11.6 Å². The number of aryl methyl sites for hydroxylation is 1. The molecule has 0 radical (unpaired) electrons. The predicted molar refractivity (Wildman–Crippen MR) is 58.1 cm³/mol. The Balaban J connectivity index is 2.20. The lowest BCUT2D eigenvalue weighted by Crippen LogP contribution is -2.08.